The fraction of sp³-hybridized carbons (Fsp3) is 0.312. The fourth-order valence-corrected chi connectivity index (χ4v) is 2.48. The third kappa shape index (κ3) is 4.11. The van der Waals surface area contributed by atoms with E-state index < -0.39 is 0 Å². The molecule has 110 valence electrons. The molecule has 0 saturated carbocycles. The Morgan fingerprint density at radius 3 is 2.52 bits per heavy atom. The van der Waals surface area contributed by atoms with E-state index >= 15 is 0 Å². The van der Waals surface area contributed by atoms with Crippen LogP contribution in [0.4, 0.5) is 0 Å². The standard InChI is InChI=1S/C16H17BrN2O2/c1-11-10-16(21)19(12(2)18-11)9-3-4-15(20)13-5-7-14(17)8-6-13/h5-8,10H,3-4,9H2,1-2H3. The van der Waals surface area contributed by atoms with E-state index in [1.807, 2.05) is 19.1 Å². The topological polar surface area (TPSA) is 52.0 Å². The van der Waals surface area contributed by atoms with Gasteiger partial charge in [0.15, 0.2) is 5.78 Å². The van der Waals surface area contributed by atoms with Crippen LogP contribution >= 0.6 is 15.9 Å². The van der Waals surface area contributed by atoms with Gasteiger partial charge >= 0.3 is 0 Å². The minimum absolute atomic E-state index is 0.0592. The first-order valence-electron chi connectivity index (χ1n) is 6.81. The molecule has 0 aliphatic rings. The molecule has 5 heteroatoms. The van der Waals surface area contributed by atoms with Crippen LogP contribution in [0.5, 0.6) is 0 Å². The monoisotopic (exact) mass is 348 g/mol. The van der Waals surface area contributed by atoms with Crippen molar-refractivity contribution in [2.24, 2.45) is 0 Å². The number of hydrogen-bond donors (Lipinski definition) is 0. The minimum atomic E-state index is -0.0592. The second kappa shape index (κ2) is 6.80. The first-order chi connectivity index (χ1) is 9.97. The largest absolute Gasteiger partial charge is 0.297 e. The van der Waals surface area contributed by atoms with Gasteiger partial charge in [-0.1, -0.05) is 28.1 Å². The van der Waals surface area contributed by atoms with Crippen molar-refractivity contribution in [3.63, 3.8) is 0 Å². The Morgan fingerprint density at radius 1 is 1.24 bits per heavy atom. The summed E-state index contributed by atoms with van der Waals surface area (Å²) in [4.78, 5) is 28.2. The smallest absolute Gasteiger partial charge is 0.253 e. The van der Waals surface area contributed by atoms with Crippen LogP contribution in [0.25, 0.3) is 0 Å². The maximum absolute atomic E-state index is 12.1. The zero-order valence-corrected chi connectivity index (χ0v) is 13.7. The summed E-state index contributed by atoms with van der Waals surface area (Å²) >= 11 is 3.34. The van der Waals surface area contributed by atoms with E-state index in [0.717, 1.165) is 10.2 Å². The number of carbonyl (C=O) groups excluding carboxylic acids is 1. The number of Topliss-reactive ketones (excluding diaryl/α,β-unsaturated/α-hetero) is 1. The first kappa shape index (κ1) is 15.6. The van der Waals surface area contributed by atoms with Crippen molar-refractivity contribution in [3.05, 3.63) is 62.2 Å². The Kier molecular flexibility index (Phi) is 5.07. The number of aromatic nitrogens is 2. The number of benzene rings is 1. The third-order valence-electron chi connectivity index (χ3n) is 3.28. The quantitative estimate of drug-likeness (QED) is 0.779. The van der Waals surface area contributed by atoms with Gasteiger partial charge in [0.05, 0.1) is 0 Å². The molecule has 0 aliphatic carbocycles. The maximum atomic E-state index is 12.1. The molecule has 21 heavy (non-hydrogen) atoms. The van der Waals surface area contributed by atoms with E-state index in [1.54, 1.807) is 23.6 Å². The van der Waals surface area contributed by atoms with Crippen LogP contribution in [0.1, 0.15) is 34.7 Å². The van der Waals surface area contributed by atoms with Crippen molar-refractivity contribution in [1.82, 2.24) is 9.55 Å². The molecule has 1 aromatic heterocycles. The van der Waals surface area contributed by atoms with Crippen LogP contribution in [0.2, 0.25) is 0 Å². The summed E-state index contributed by atoms with van der Waals surface area (Å²) in [7, 11) is 0. The van der Waals surface area contributed by atoms with E-state index in [1.165, 1.54) is 6.07 Å². The van der Waals surface area contributed by atoms with Crippen LogP contribution in [-0.4, -0.2) is 15.3 Å². The summed E-state index contributed by atoms with van der Waals surface area (Å²) in [5.74, 6) is 0.782. The van der Waals surface area contributed by atoms with Crippen molar-refractivity contribution in [1.29, 1.82) is 0 Å². The lowest BCUT2D eigenvalue weighted by molar-refractivity contribution is 0.0978. The van der Waals surface area contributed by atoms with E-state index in [0.29, 0.717) is 30.8 Å². The summed E-state index contributed by atoms with van der Waals surface area (Å²) in [5.41, 5.74) is 1.36. The average Bonchev–Trinajstić information content (AvgIpc) is 2.42. The molecule has 0 amide bonds. The zero-order valence-electron chi connectivity index (χ0n) is 12.1. The average molecular weight is 349 g/mol. The van der Waals surface area contributed by atoms with Gasteiger partial charge in [-0.15, -0.1) is 0 Å². The number of aryl methyl sites for hydroxylation is 2. The maximum Gasteiger partial charge on any atom is 0.253 e. The van der Waals surface area contributed by atoms with Crippen LogP contribution in [0.15, 0.2) is 39.6 Å². The number of hydrogen-bond acceptors (Lipinski definition) is 3. The Morgan fingerprint density at radius 2 is 1.90 bits per heavy atom. The number of ketones is 1. The molecular formula is C16H17BrN2O2. The molecule has 1 heterocycles. The summed E-state index contributed by atoms with van der Waals surface area (Å²) in [6.07, 6.45) is 1.04. The molecule has 0 radical (unpaired) electrons. The lowest BCUT2D eigenvalue weighted by Crippen LogP contribution is -2.23. The van der Waals surface area contributed by atoms with Crippen molar-refractivity contribution in [2.45, 2.75) is 33.2 Å². The predicted octanol–water partition coefficient (Wildman–Crippen LogP) is 3.29. The predicted molar refractivity (Wildman–Crippen MR) is 85.7 cm³/mol. The van der Waals surface area contributed by atoms with Gasteiger partial charge in [0.1, 0.15) is 5.82 Å². The Labute approximate surface area is 132 Å². The van der Waals surface area contributed by atoms with Gasteiger partial charge in [0, 0.05) is 34.8 Å². The van der Waals surface area contributed by atoms with Gasteiger partial charge in [-0.05, 0) is 32.4 Å². The molecular weight excluding hydrogens is 332 g/mol. The van der Waals surface area contributed by atoms with Crippen molar-refractivity contribution >= 4 is 21.7 Å². The van der Waals surface area contributed by atoms with Gasteiger partial charge in [0.25, 0.3) is 5.56 Å². The number of nitrogens with zero attached hydrogens (tertiary/aromatic N) is 2. The van der Waals surface area contributed by atoms with Gasteiger partial charge in [0.2, 0.25) is 0 Å². The molecule has 0 unspecified atom stereocenters. The summed E-state index contributed by atoms with van der Waals surface area (Å²) in [6.45, 7) is 4.13. The zero-order chi connectivity index (χ0) is 15.4. The Hall–Kier alpha value is -1.75. The molecule has 0 atom stereocenters. The summed E-state index contributed by atoms with van der Waals surface area (Å²) < 4.78 is 2.56. The van der Waals surface area contributed by atoms with E-state index in [4.69, 9.17) is 0 Å². The fourth-order valence-electron chi connectivity index (χ4n) is 2.21. The second-order valence-electron chi connectivity index (χ2n) is 4.97. The van der Waals surface area contributed by atoms with E-state index in [-0.39, 0.29) is 11.3 Å². The summed E-state index contributed by atoms with van der Waals surface area (Å²) in [6, 6.07) is 8.83. The van der Waals surface area contributed by atoms with Crippen molar-refractivity contribution in [2.75, 3.05) is 0 Å². The highest BCUT2D eigenvalue weighted by atomic mass is 79.9. The molecule has 0 N–H and O–H groups in total. The lowest BCUT2D eigenvalue weighted by atomic mass is 10.1. The number of rotatable bonds is 5. The van der Waals surface area contributed by atoms with Gasteiger partial charge in [-0.2, -0.15) is 0 Å². The third-order valence-corrected chi connectivity index (χ3v) is 3.81. The van der Waals surface area contributed by atoms with Gasteiger partial charge in [-0.25, -0.2) is 4.98 Å². The number of halogens is 1. The minimum Gasteiger partial charge on any atom is -0.297 e. The number of carbonyl (C=O) groups is 1. The molecule has 2 aromatic rings. The highest BCUT2D eigenvalue weighted by Crippen LogP contribution is 2.12. The summed E-state index contributed by atoms with van der Waals surface area (Å²) in [5, 5.41) is 0. The molecule has 0 fully saturated rings. The van der Waals surface area contributed by atoms with Crippen LogP contribution in [-0.2, 0) is 6.54 Å². The molecule has 4 nitrogen and oxygen atoms in total. The Bertz CT molecular complexity index is 705. The SMILES string of the molecule is Cc1cc(=O)n(CCCC(=O)c2ccc(Br)cc2)c(C)n1. The molecule has 0 aliphatic heterocycles. The normalized spacial score (nSPS) is 10.6. The lowest BCUT2D eigenvalue weighted by Gasteiger charge is -2.09. The van der Waals surface area contributed by atoms with Crippen LogP contribution in [0, 0.1) is 13.8 Å². The highest BCUT2D eigenvalue weighted by molar-refractivity contribution is 9.10. The molecule has 2 rings (SSSR count). The van der Waals surface area contributed by atoms with Crippen molar-refractivity contribution in [3.8, 4) is 0 Å². The highest BCUT2D eigenvalue weighted by Gasteiger charge is 2.07. The van der Waals surface area contributed by atoms with Crippen LogP contribution in [0.3, 0.4) is 0 Å². The van der Waals surface area contributed by atoms with Crippen molar-refractivity contribution < 1.29 is 4.79 Å². The Balaban J connectivity index is 1.97. The van der Waals surface area contributed by atoms with E-state index in [9.17, 15) is 9.59 Å². The molecule has 0 bridgehead atoms. The second-order valence-corrected chi connectivity index (χ2v) is 5.88. The molecule has 1 aromatic carbocycles. The van der Waals surface area contributed by atoms with Crippen LogP contribution < -0.4 is 5.56 Å². The van der Waals surface area contributed by atoms with Gasteiger partial charge in [-0.3, -0.25) is 14.2 Å². The molecule has 0 saturated heterocycles. The van der Waals surface area contributed by atoms with E-state index in [2.05, 4.69) is 20.9 Å². The molecule has 0 spiro atoms. The van der Waals surface area contributed by atoms with Gasteiger partial charge < -0.3 is 0 Å². The first-order valence-corrected chi connectivity index (χ1v) is 7.60.